The maximum atomic E-state index is 5.79. The zero-order chi connectivity index (χ0) is 11.0. The third-order valence-corrected chi connectivity index (χ3v) is 3.00. The molecule has 92 valence electrons. The van der Waals surface area contributed by atoms with Crippen LogP contribution in [0.25, 0.3) is 10.9 Å². The van der Waals surface area contributed by atoms with Crippen molar-refractivity contribution in [3.63, 3.8) is 0 Å². The molecule has 1 aromatic carbocycles. The van der Waals surface area contributed by atoms with Crippen molar-refractivity contribution in [2.24, 2.45) is 0 Å². The van der Waals surface area contributed by atoms with E-state index < -0.39 is 0 Å². The normalized spacial score (nSPS) is 18.8. The molecule has 5 heteroatoms. The van der Waals surface area contributed by atoms with Crippen LogP contribution in [0.4, 0.5) is 0 Å². The molecular formula is C12H16ClN3O. The lowest BCUT2D eigenvalue weighted by Gasteiger charge is -2.24. The van der Waals surface area contributed by atoms with Gasteiger partial charge in [0.05, 0.1) is 24.4 Å². The summed E-state index contributed by atoms with van der Waals surface area (Å²) in [5.41, 5.74) is 2.26. The number of nitrogens with one attached hydrogen (secondary N) is 1. The van der Waals surface area contributed by atoms with Gasteiger partial charge in [-0.05, 0) is 13.1 Å². The molecule has 1 atom stereocenters. The Labute approximate surface area is 106 Å². The van der Waals surface area contributed by atoms with Crippen LogP contribution in [0.3, 0.4) is 0 Å². The molecule has 4 nitrogen and oxygen atoms in total. The van der Waals surface area contributed by atoms with Crippen molar-refractivity contribution < 1.29 is 4.74 Å². The van der Waals surface area contributed by atoms with Crippen LogP contribution < -0.4 is 5.32 Å². The lowest BCUT2D eigenvalue weighted by molar-refractivity contribution is 0.0195. The van der Waals surface area contributed by atoms with Gasteiger partial charge in [-0.1, -0.05) is 18.2 Å². The van der Waals surface area contributed by atoms with Crippen molar-refractivity contribution in [2.75, 3.05) is 20.2 Å². The maximum Gasteiger partial charge on any atom is 0.112 e. The van der Waals surface area contributed by atoms with Crippen molar-refractivity contribution in [3.05, 3.63) is 30.0 Å². The number of ether oxygens (including phenoxy) is 1. The molecule has 1 aliphatic heterocycles. The molecule has 0 radical (unpaired) electrons. The fraction of sp³-hybridized carbons (Fsp3) is 0.417. The van der Waals surface area contributed by atoms with E-state index in [0.717, 1.165) is 25.2 Å². The number of likely N-dealkylation sites (N-methyl/N-ethyl adjacent to an activating group) is 1. The van der Waals surface area contributed by atoms with Crippen molar-refractivity contribution in [3.8, 4) is 0 Å². The van der Waals surface area contributed by atoms with E-state index in [4.69, 9.17) is 4.74 Å². The number of halogens is 1. The Kier molecular flexibility index (Phi) is 3.66. The fourth-order valence-corrected chi connectivity index (χ4v) is 2.31. The molecule has 0 saturated carbocycles. The smallest absolute Gasteiger partial charge is 0.112 e. The molecule has 1 aliphatic rings. The minimum atomic E-state index is 0. The highest BCUT2D eigenvalue weighted by Crippen LogP contribution is 2.28. The Morgan fingerprint density at radius 3 is 3.12 bits per heavy atom. The second-order valence-corrected chi connectivity index (χ2v) is 4.04. The Hall–Kier alpha value is -1.10. The average Bonchev–Trinajstić information content (AvgIpc) is 2.68. The summed E-state index contributed by atoms with van der Waals surface area (Å²) >= 11 is 0. The Morgan fingerprint density at radius 1 is 1.47 bits per heavy atom. The largest absolute Gasteiger partial charge is 0.369 e. The van der Waals surface area contributed by atoms with Gasteiger partial charge in [-0.15, -0.1) is 12.4 Å². The van der Waals surface area contributed by atoms with E-state index in [9.17, 15) is 0 Å². The molecule has 1 aromatic heterocycles. The summed E-state index contributed by atoms with van der Waals surface area (Å²) in [7, 11) is 1.95. The SMILES string of the molecule is CNC[C@@H]1OCCn2nc3ccccc3c21.Cl. The molecule has 2 heterocycles. The van der Waals surface area contributed by atoms with Crippen LogP contribution in [-0.2, 0) is 11.3 Å². The van der Waals surface area contributed by atoms with Crippen LogP contribution in [0.5, 0.6) is 0 Å². The van der Waals surface area contributed by atoms with Crippen LogP contribution in [0.1, 0.15) is 11.8 Å². The van der Waals surface area contributed by atoms with Gasteiger partial charge < -0.3 is 10.1 Å². The molecule has 0 aliphatic carbocycles. The first-order valence-corrected chi connectivity index (χ1v) is 5.62. The summed E-state index contributed by atoms with van der Waals surface area (Å²) in [6.07, 6.45) is 0.117. The van der Waals surface area contributed by atoms with Gasteiger partial charge in [-0.3, -0.25) is 4.68 Å². The van der Waals surface area contributed by atoms with Crippen LogP contribution in [0, 0.1) is 0 Å². The van der Waals surface area contributed by atoms with Crippen molar-refractivity contribution in [1.29, 1.82) is 0 Å². The highest BCUT2D eigenvalue weighted by atomic mass is 35.5. The minimum Gasteiger partial charge on any atom is -0.369 e. The molecule has 0 saturated heterocycles. The second kappa shape index (κ2) is 5.04. The first-order valence-electron chi connectivity index (χ1n) is 5.62. The van der Waals surface area contributed by atoms with E-state index in [0.29, 0.717) is 0 Å². The number of fused-ring (bicyclic) bond motifs is 3. The molecule has 2 aromatic rings. The van der Waals surface area contributed by atoms with E-state index in [1.807, 2.05) is 13.1 Å². The van der Waals surface area contributed by atoms with E-state index in [-0.39, 0.29) is 18.5 Å². The molecule has 0 amide bonds. The summed E-state index contributed by atoms with van der Waals surface area (Å²) in [5.74, 6) is 0. The maximum absolute atomic E-state index is 5.79. The zero-order valence-electron chi connectivity index (χ0n) is 9.72. The predicted octanol–water partition coefficient (Wildman–Crippen LogP) is 1.75. The lowest BCUT2D eigenvalue weighted by Crippen LogP contribution is -2.28. The Balaban J connectivity index is 0.00000108. The fourth-order valence-electron chi connectivity index (χ4n) is 2.31. The van der Waals surface area contributed by atoms with Gasteiger partial charge in [0.2, 0.25) is 0 Å². The van der Waals surface area contributed by atoms with E-state index in [1.165, 1.54) is 11.1 Å². The minimum absolute atomic E-state index is 0. The molecule has 3 rings (SSSR count). The summed E-state index contributed by atoms with van der Waals surface area (Å²) in [6.45, 7) is 2.42. The zero-order valence-corrected chi connectivity index (χ0v) is 10.5. The molecule has 17 heavy (non-hydrogen) atoms. The van der Waals surface area contributed by atoms with Crippen molar-refractivity contribution in [1.82, 2.24) is 15.1 Å². The van der Waals surface area contributed by atoms with Gasteiger partial charge in [-0.2, -0.15) is 5.10 Å². The van der Waals surface area contributed by atoms with Crippen LogP contribution >= 0.6 is 12.4 Å². The molecule has 1 N–H and O–H groups in total. The third-order valence-electron chi connectivity index (χ3n) is 3.00. The van der Waals surface area contributed by atoms with Crippen LogP contribution in [0.2, 0.25) is 0 Å². The quantitative estimate of drug-likeness (QED) is 0.886. The monoisotopic (exact) mass is 253 g/mol. The van der Waals surface area contributed by atoms with Crippen molar-refractivity contribution >= 4 is 23.3 Å². The average molecular weight is 254 g/mol. The molecule has 0 bridgehead atoms. The van der Waals surface area contributed by atoms with Gasteiger partial charge >= 0.3 is 0 Å². The second-order valence-electron chi connectivity index (χ2n) is 4.04. The molecule has 0 unspecified atom stereocenters. The van der Waals surface area contributed by atoms with Gasteiger partial charge in [0.15, 0.2) is 0 Å². The summed E-state index contributed by atoms with van der Waals surface area (Å²) in [5, 5.41) is 8.97. The Morgan fingerprint density at radius 2 is 2.29 bits per heavy atom. The van der Waals surface area contributed by atoms with E-state index in [2.05, 4.69) is 33.3 Å². The summed E-state index contributed by atoms with van der Waals surface area (Å²) < 4.78 is 7.87. The third kappa shape index (κ3) is 2.04. The number of nitrogens with zero attached hydrogens (tertiary/aromatic N) is 2. The highest BCUT2D eigenvalue weighted by molar-refractivity contribution is 5.85. The Bertz CT molecular complexity index is 511. The van der Waals surface area contributed by atoms with Gasteiger partial charge in [0.25, 0.3) is 0 Å². The topological polar surface area (TPSA) is 39.1 Å². The first-order chi connectivity index (χ1) is 7.90. The van der Waals surface area contributed by atoms with Crippen LogP contribution in [-0.4, -0.2) is 30.0 Å². The molecule has 0 spiro atoms. The van der Waals surface area contributed by atoms with Crippen molar-refractivity contribution in [2.45, 2.75) is 12.6 Å². The van der Waals surface area contributed by atoms with Gasteiger partial charge in [-0.25, -0.2) is 0 Å². The number of hydrogen-bond acceptors (Lipinski definition) is 3. The number of rotatable bonds is 2. The van der Waals surface area contributed by atoms with Gasteiger partial charge in [0, 0.05) is 11.9 Å². The summed E-state index contributed by atoms with van der Waals surface area (Å²) in [4.78, 5) is 0. The summed E-state index contributed by atoms with van der Waals surface area (Å²) in [6, 6.07) is 8.24. The molecular weight excluding hydrogens is 238 g/mol. The number of aromatic nitrogens is 2. The highest BCUT2D eigenvalue weighted by Gasteiger charge is 2.24. The number of hydrogen-bond donors (Lipinski definition) is 1. The van der Waals surface area contributed by atoms with Gasteiger partial charge in [0.1, 0.15) is 6.10 Å². The van der Waals surface area contributed by atoms with E-state index >= 15 is 0 Å². The number of benzene rings is 1. The lowest BCUT2D eigenvalue weighted by atomic mass is 10.1. The standard InChI is InChI=1S/C12H15N3O.ClH/c1-13-8-11-12-9-4-2-3-5-10(9)14-15(12)6-7-16-11;/h2-5,11,13H,6-8H2,1H3;1H/t11-;/m0./s1. The molecule has 0 fully saturated rings. The predicted molar refractivity (Wildman–Crippen MR) is 69.6 cm³/mol. The first kappa shape index (κ1) is 12.4. The van der Waals surface area contributed by atoms with Crippen LogP contribution in [0.15, 0.2) is 24.3 Å². The van der Waals surface area contributed by atoms with E-state index in [1.54, 1.807) is 0 Å².